The molecule has 3 aromatic rings. The molecular formula is C28H26FNO6. The highest BCUT2D eigenvalue weighted by Crippen LogP contribution is 2.27. The largest absolute Gasteiger partial charge is 0.497 e. The maximum absolute atomic E-state index is 14.8. The van der Waals surface area contributed by atoms with Crippen molar-refractivity contribution in [3.63, 3.8) is 0 Å². The molecule has 186 valence electrons. The fourth-order valence-corrected chi connectivity index (χ4v) is 4.41. The first-order valence-corrected chi connectivity index (χ1v) is 11.6. The van der Waals surface area contributed by atoms with Gasteiger partial charge in [-0.3, -0.25) is 19.3 Å². The van der Waals surface area contributed by atoms with E-state index in [0.717, 1.165) is 10.5 Å². The lowest BCUT2D eigenvalue weighted by atomic mass is 9.92. The molecule has 0 fully saturated rings. The lowest BCUT2D eigenvalue weighted by Gasteiger charge is -2.22. The van der Waals surface area contributed by atoms with Crippen molar-refractivity contribution in [2.45, 2.75) is 25.4 Å². The van der Waals surface area contributed by atoms with Gasteiger partial charge >= 0.3 is 5.97 Å². The molecule has 2 amide bonds. The van der Waals surface area contributed by atoms with Crippen molar-refractivity contribution in [1.29, 1.82) is 0 Å². The number of nitrogens with zero attached hydrogens (tertiary/aromatic N) is 1. The number of amides is 2. The highest BCUT2D eigenvalue weighted by molar-refractivity contribution is 6.21. The Balaban J connectivity index is 1.37. The number of methoxy groups -OCH3 is 1. The zero-order valence-electron chi connectivity index (χ0n) is 19.7. The predicted octanol–water partition coefficient (Wildman–Crippen LogP) is 4.18. The molecule has 0 saturated carbocycles. The number of carboxylic acid groups (broad SMARTS) is 1. The van der Waals surface area contributed by atoms with Gasteiger partial charge in [-0.1, -0.05) is 36.4 Å². The van der Waals surface area contributed by atoms with E-state index in [4.69, 9.17) is 4.74 Å². The van der Waals surface area contributed by atoms with E-state index in [1.54, 1.807) is 55.6 Å². The van der Waals surface area contributed by atoms with Gasteiger partial charge in [0.1, 0.15) is 11.6 Å². The van der Waals surface area contributed by atoms with Crippen LogP contribution >= 0.6 is 0 Å². The van der Waals surface area contributed by atoms with Gasteiger partial charge in [0.05, 0.1) is 30.3 Å². The lowest BCUT2D eigenvalue weighted by Crippen LogP contribution is -2.36. The monoisotopic (exact) mass is 491 g/mol. The minimum atomic E-state index is -1.28. The molecule has 0 aliphatic carbocycles. The van der Waals surface area contributed by atoms with E-state index >= 15 is 0 Å². The first-order valence-electron chi connectivity index (χ1n) is 11.6. The van der Waals surface area contributed by atoms with Gasteiger partial charge in [0.15, 0.2) is 0 Å². The minimum absolute atomic E-state index is 0.0118. The highest BCUT2D eigenvalue weighted by Gasteiger charge is 2.36. The molecule has 0 spiro atoms. The average molecular weight is 492 g/mol. The highest BCUT2D eigenvalue weighted by atomic mass is 19.1. The summed E-state index contributed by atoms with van der Waals surface area (Å²) in [6.07, 6.45) is -1.25. The lowest BCUT2D eigenvalue weighted by molar-refractivity contribution is -0.146. The Morgan fingerprint density at radius 3 is 2.11 bits per heavy atom. The Kier molecular flexibility index (Phi) is 7.45. The molecule has 8 heteroatoms. The number of halogens is 1. The number of carboxylic acids is 1. The molecule has 1 aliphatic heterocycles. The molecule has 3 aromatic carbocycles. The second-order valence-electron chi connectivity index (χ2n) is 8.68. The number of carbonyl (C=O) groups is 3. The Labute approximate surface area is 207 Å². The number of hydrogen-bond acceptors (Lipinski definition) is 5. The topological polar surface area (TPSA) is 104 Å². The number of hydrogen-bond donors (Lipinski definition) is 2. The summed E-state index contributed by atoms with van der Waals surface area (Å²) in [4.78, 5) is 37.9. The van der Waals surface area contributed by atoms with Crippen LogP contribution in [-0.2, 0) is 11.2 Å². The van der Waals surface area contributed by atoms with E-state index in [2.05, 4.69) is 0 Å². The van der Waals surface area contributed by atoms with Crippen LogP contribution in [0.4, 0.5) is 4.39 Å². The maximum atomic E-state index is 14.8. The van der Waals surface area contributed by atoms with Crippen molar-refractivity contribution < 1.29 is 33.7 Å². The number of aliphatic hydroxyl groups excluding tert-OH is 1. The normalized spacial score (nSPS) is 14.5. The molecule has 0 saturated heterocycles. The van der Waals surface area contributed by atoms with Crippen molar-refractivity contribution in [2.24, 2.45) is 5.92 Å². The third-order valence-electron chi connectivity index (χ3n) is 6.51. The average Bonchev–Trinajstić information content (AvgIpc) is 3.13. The molecule has 0 aromatic heterocycles. The van der Waals surface area contributed by atoms with E-state index in [0.29, 0.717) is 16.9 Å². The standard InChI is InChI=1S/C28H26FNO6/c1-36-20-11-8-17(9-12-20)19-7-6-18(24(29)16-19)10-13-25(31)23(28(34)35)14-15-30-26(32)21-4-2-3-5-22(21)27(30)33/h2-9,11-12,16,23,25,31H,10,13-15H2,1H3,(H,34,35)/t23-,25+/m0/s1. The third-order valence-corrected chi connectivity index (χ3v) is 6.51. The molecule has 2 atom stereocenters. The summed E-state index contributed by atoms with van der Waals surface area (Å²) in [6.45, 7) is -0.134. The molecule has 0 bridgehead atoms. The molecule has 1 aliphatic rings. The molecule has 7 nitrogen and oxygen atoms in total. The molecule has 0 unspecified atom stereocenters. The van der Waals surface area contributed by atoms with Gasteiger partial charge in [-0.05, 0) is 66.3 Å². The Morgan fingerprint density at radius 2 is 1.56 bits per heavy atom. The van der Waals surface area contributed by atoms with Crippen LogP contribution < -0.4 is 4.74 Å². The molecule has 1 heterocycles. The van der Waals surface area contributed by atoms with Crippen LogP contribution in [0.25, 0.3) is 11.1 Å². The van der Waals surface area contributed by atoms with Gasteiger partial charge in [-0.2, -0.15) is 0 Å². The van der Waals surface area contributed by atoms with Crippen LogP contribution in [-0.4, -0.2) is 52.7 Å². The van der Waals surface area contributed by atoms with E-state index in [-0.39, 0.29) is 36.9 Å². The number of aryl methyl sites for hydroxylation is 1. The minimum Gasteiger partial charge on any atom is -0.497 e. The summed E-state index contributed by atoms with van der Waals surface area (Å²) >= 11 is 0. The summed E-state index contributed by atoms with van der Waals surface area (Å²) in [5.74, 6) is -3.17. The van der Waals surface area contributed by atoms with Crippen molar-refractivity contribution in [3.05, 3.63) is 89.2 Å². The van der Waals surface area contributed by atoms with Gasteiger partial charge < -0.3 is 14.9 Å². The number of aliphatic hydroxyl groups is 1. The molecule has 0 radical (unpaired) electrons. The van der Waals surface area contributed by atoms with Crippen LogP contribution in [0, 0.1) is 11.7 Å². The number of rotatable bonds is 10. The fourth-order valence-electron chi connectivity index (χ4n) is 4.41. The summed E-state index contributed by atoms with van der Waals surface area (Å²) in [6, 6.07) is 18.4. The molecule has 4 rings (SSSR count). The summed E-state index contributed by atoms with van der Waals surface area (Å²) in [7, 11) is 1.57. The number of benzene rings is 3. The van der Waals surface area contributed by atoms with Crippen LogP contribution in [0.2, 0.25) is 0 Å². The quantitative estimate of drug-likeness (QED) is 0.413. The van der Waals surface area contributed by atoms with E-state index < -0.39 is 35.6 Å². The zero-order chi connectivity index (χ0) is 25.8. The zero-order valence-corrected chi connectivity index (χ0v) is 19.7. The second kappa shape index (κ2) is 10.7. The number of imide groups is 1. The number of fused-ring (bicyclic) bond motifs is 1. The Bertz CT molecular complexity index is 1250. The smallest absolute Gasteiger partial charge is 0.309 e. The van der Waals surface area contributed by atoms with Crippen molar-refractivity contribution >= 4 is 17.8 Å². The summed E-state index contributed by atoms with van der Waals surface area (Å²) in [5.41, 5.74) is 2.42. The van der Waals surface area contributed by atoms with Gasteiger partial charge in [-0.25, -0.2) is 4.39 Å². The predicted molar refractivity (Wildman–Crippen MR) is 130 cm³/mol. The second-order valence-corrected chi connectivity index (χ2v) is 8.68. The Morgan fingerprint density at radius 1 is 0.944 bits per heavy atom. The van der Waals surface area contributed by atoms with Gasteiger partial charge in [0.2, 0.25) is 0 Å². The summed E-state index contributed by atoms with van der Waals surface area (Å²) < 4.78 is 19.9. The molecular weight excluding hydrogens is 465 g/mol. The maximum Gasteiger partial charge on any atom is 0.309 e. The molecule has 36 heavy (non-hydrogen) atoms. The van der Waals surface area contributed by atoms with Crippen molar-refractivity contribution in [3.8, 4) is 16.9 Å². The van der Waals surface area contributed by atoms with Crippen LogP contribution in [0.3, 0.4) is 0 Å². The Hall–Kier alpha value is -4.04. The van der Waals surface area contributed by atoms with Gasteiger partial charge in [0, 0.05) is 6.54 Å². The first kappa shape index (κ1) is 25.1. The SMILES string of the molecule is COc1ccc(-c2ccc(CC[C@@H](O)[C@H](CCN3C(=O)c4ccccc4C3=O)C(=O)O)c(F)c2)cc1. The van der Waals surface area contributed by atoms with E-state index in [1.165, 1.54) is 6.07 Å². The number of carbonyl (C=O) groups excluding carboxylic acids is 2. The first-order chi connectivity index (χ1) is 17.3. The van der Waals surface area contributed by atoms with Gasteiger partial charge in [-0.15, -0.1) is 0 Å². The van der Waals surface area contributed by atoms with E-state index in [9.17, 15) is 29.0 Å². The molecule has 2 N–H and O–H groups in total. The van der Waals surface area contributed by atoms with Crippen LogP contribution in [0.5, 0.6) is 5.75 Å². The van der Waals surface area contributed by atoms with E-state index in [1.807, 2.05) is 12.1 Å². The fraction of sp³-hybridized carbons (Fsp3) is 0.250. The number of aliphatic carboxylic acids is 1. The van der Waals surface area contributed by atoms with Crippen molar-refractivity contribution in [1.82, 2.24) is 4.90 Å². The van der Waals surface area contributed by atoms with Crippen LogP contribution in [0.15, 0.2) is 66.7 Å². The van der Waals surface area contributed by atoms with Gasteiger partial charge in [0.25, 0.3) is 11.8 Å². The summed E-state index contributed by atoms with van der Waals surface area (Å²) in [5, 5.41) is 20.2. The number of ether oxygens (including phenoxy) is 1. The van der Waals surface area contributed by atoms with Crippen LogP contribution in [0.1, 0.15) is 39.1 Å². The third kappa shape index (κ3) is 5.13. The van der Waals surface area contributed by atoms with Crippen molar-refractivity contribution in [2.75, 3.05) is 13.7 Å².